The molecule has 1 aromatic heterocycles. The van der Waals surface area contributed by atoms with Crippen molar-refractivity contribution in [1.82, 2.24) is 0 Å². The molecule has 0 spiro atoms. The molecule has 0 bridgehead atoms. The zero-order valence-electron chi connectivity index (χ0n) is 16.5. The predicted octanol–water partition coefficient (Wildman–Crippen LogP) is 6.51. The number of hydrogen-bond donors (Lipinski definition) is 1. The maximum Gasteiger partial charge on any atom is 0.416 e. The second kappa shape index (κ2) is 7.80. The second-order valence-electron chi connectivity index (χ2n) is 7.34. The molecule has 0 fully saturated rings. The summed E-state index contributed by atoms with van der Waals surface area (Å²) in [5.41, 5.74) is 4.09. The highest BCUT2D eigenvalue weighted by molar-refractivity contribution is 7.15. The van der Waals surface area contributed by atoms with Crippen LogP contribution in [-0.2, 0) is 24.0 Å². The van der Waals surface area contributed by atoms with Crippen LogP contribution in [0.2, 0.25) is 0 Å². The van der Waals surface area contributed by atoms with E-state index < -0.39 is 11.7 Å². The summed E-state index contributed by atoms with van der Waals surface area (Å²) in [5.74, 6) is 0.669. The molecule has 0 saturated carbocycles. The summed E-state index contributed by atoms with van der Waals surface area (Å²) in [7, 11) is 0. The smallest absolute Gasteiger partial charge is 0.416 e. The fourth-order valence-corrected chi connectivity index (χ4v) is 4.70. The number of anilines is 1. The van der Waals surface area contributed by atoms with E-state index in [-0.39, 0.29) is 5.91 Å². The fraction of sp³-hybridized carbons (Fsp3) is 0.261. The first-order chi connectivity index (χ1) is 14.2. The molecule has 1 N–H and O–H groups in total. The average Bonchev–Trinajstić information content (AvgIpc) is 3.00. The number of amides is 1. The average molecular weight is 431 g/mol. The van der Waals surface area contributed by atoms with Gasteiger partial charge in [0.05, 0.1) is 5.56 Å². The van der Waals surface area contributed by atoms with Gasteiger partial charge in [-0.25, -0.2) is 0 Å². The Morgan fingerprint density at radius 3 is 2.47 bits per heavy atom. The Labute approximate surface area is 176 Å². The molecule has 0 unspecified atom stereocenters. The Bertz CT molecular complexity index is 1100. The third-order valence-corrected chi connectivity index (χ3v) is 6.78. The van der Waals surface area contributed by atoms with Crippen molar-refractivity contribution in [3.05, 3.63) is 69.6 Å². The lowest BCUT2D eigenvalue weighted by molar-refractivity contribution is -0.137. The van der Waals surface area contributed by atoms with E-state index in [1.165, 1.54) is 23.5 Å². The first-order valence-electron chi connectivity index (χ1n) is 9.54. The molecule has 2 aromatic carbocycles. The lowest BCUT2D eigenvalue weighted by Gasteiger charge is -2.17. The Hall–Kier alpha value is -2.80. The number of carbonyl (C=O) groups is 1. The number of carbonyl (C=O) groups excluding carboxylic acids is 1. The molecule has 7 heteroatoms. The minimum atomic E-state index is -4.34. The number of ether oxygens (including phenoxy) is 1. The molecular weight excluding hydrogens is 411 g/mol. The van der Waals surface area contributed by atoms with E-state index in [1.807, 2.05) is 32.0 Å². The summed E-state index contributed by atoms with van der Waals surface area (Å²) in [6.45, 7) is 4.31. The summed E-state index contributed by atoms with van der Waals surface area (Å²) < 4.78 is 44.4. The van der Waals surface area contributed by atoms with Crippen molar-refractivity contribution in [3.8, 4) is 16.2 Å². The highest BCUT2D eigenvalue weighted by Crippen LogP contribution is 2.38. The van der Waals surface area contributed by atoms with E-state index in [1.54, 1.807) is 0 Å². The van der Waals surface area contributed by atoms with E-state index in [2.05, 4.69) is 5.32 Å². The van der Waals surface area contributed by atoms with Gasteiger partial charge in [0.25, 0.3) is 0 Å². The summed E-state index contributed by atoms with van der Waals surface area (Å²) in [4.78, 5) is 13.6. The van der Waals surface area contributed by atoms with E-state index in [4.69, 9.17) is 4.74 Å². The highest BCUT2D eigenvalue weighted by atomic mass is 32.1. The van der Waals surface area contributed by atoms with Gasteiger partial charge in [-0.3, -0.25) is 4.79 Å². The molecule has 0 saturated heterocycles. The minimum Gasteiger partial charge on any atom is -0.488 e. The van der Waals surface area contributed by atoms with Crippen molar-refractivity contribution in [3.63, 3.8) is 0 Å². The quantitative estimate of drug-likeness (QED) is 0.511. The van der Waals surface area contributed by atoms with Crippen molar-refractivity contribution < 1.29 is 22.7 Å². The topological polar surface area (TPSA) is 38.3 Å². The molecule has 156 valence electrons. The van der Waals surface area contributed by atoms with Crippen LogP contribution in [0.25, 0.3) is 10.4 Å². The standard InChI is InChI=1S/C23H20F3NO2S/c1-13-14(2)22(16-3-7-17(8-4-16)23(24,25)26)30-20(13)12-29-18-9-5-15-6-10-21(28)27-19(15)11-18/h3-5,7-9,11H,6,10,12H2,1-2H3,(H,27,28). The number of nitrogens with one attached hydrogen (secondary N) is 1. The Morgan fingerprint density at radius 1 is 1.03 bits per heavy atom. The summed E-state index contributed by atoms with van der Waals surface area (Å²) in [6, 6.07) is 10.9. The summed E-state index contributed by atoms with van der Waals surface area (Å²) >= 11 is 1.52. The van der Waals surface area contributed by atoms with Crippen molar-refractivity contribution in [2.75, 3.05) is 5.32 Å². The number of aryl methyl sites for hydroxylation is 1. The van der Waals surface area contributed by atoms with Crippen LogP contribution in [-0.4, -0.2) is 5.91 Å². The first-order valence-corrected chi connectivity index (χ1v) is 10.4. The fourth-order valence-electron chi connectivity index (χ4n) is 3.47. The van der Waals surface area contributed by atoms with Crippen LogP contribution in [0.3, 0.4) is 0 Å². The highest BCUT2D eigenvalue weighted by Gasteiger charge is 2.30. The lowest BCUT2D eigenvalue weighted by atomic mass is 10.0. The molecule has 3 nitrogen and oxygen atoms in total. The Morgan fingerprint density at radius 2 is 1.77 bits per heavy atom. The van der Waals surface area contributed by atoms with Gasteiger partial charge in [0, 0.05) is 27.9 Å². The first kappa shape index (κ1) is 20.5. The molecule has 1 aliphatic heterocycles. The Kier molecular flexibility index (Phi) is 5.32. The summed E-state index contributed by atoms with van der Waals surface area (Å²) in [5, 5.41) is 2.86. The summed E-state index contributed by atoms with van der Waals surface area (Å²) in [6.07, 6.45) is -3.12. The van der Waals surface area contributed by atoms with Gasteiger partial charge in [0.15, 0.2) is 0 Å². The SMILES string of the molecule is Cc1c(COc2ccc3c(c2)NC(=O)CC3)sc(-c2ccc(C(F)(F)F)cc2)c1C. The third kappa shape index (κ3) is 4.07. The van der Waals surface area contributed by atoms with Crippen molar-refractivity contribution >= 4 is 22.9 Å². The zero-order chi connectivity index (χ0) is 21.5. The van der Waals surface area contributed by atoms with Gasteiger partial charge in [0.1, 0.15) is 12.4 Å². The minimum absolute atomic E-state index is 0.00515. The number of rotatable bonds is 4. The molecule has 30 heavy (non-hydrogen) atoms. The number of thiophene rings is 1. The van der Waals surface area contributed by atoms with Crippen LogP contribution in [0.1, 0.15) is 33.6 Å². The molecule has 1 aliphatic rings. The van der Waals surface area contributed by atoms with E-state index in [9.17, 15) is 18.0 Å². The number of benzene rings is 2. The number of halogens is 3. The molecule has 1 amide bonds. The van der Waals surface area contributed by atoms with Crippen LogP contribution >= 0.6 is 11.3 Å². The van der Waals surface area contributed by atoms with Gasteiger partial charge in [-0.15, -0.1) is 11.3 Å². The lowest BCUT2D eigenvalue weighted by Crippen LogP contribution is -2.18. The maximum atomic E-state index is 12.8. The molecule has 0 aliphatic carbocycles. The van der Waals surface area contributed by atoms with E-state index in [0.29, 0.717) is 18.8 Å². The van der Waals surface area contributed by atoms with Crippen LogP contribution in [0.15, 0.2) is 42.5 Å². The number of alkyl halides is 3. The van der Waals surface area contributed by atoms with E-state index in [0.717, 1.165) is 56.2 Å². The molecule has 4 rings (SSSR count). The molecule has 2 heterocycles. The van der Waals surface area contributed by atoms with Crippen molar-refractivity contribution in [2.45, 2.75) is 39.5 Å². The van der Waals surface area contributed by atoms with Crippen LogP contribution in [0, 0.1) is 13.8 Å². The second-order valence-corrected chi connectivity index (χ2v) is 8.44. The largest absolute Gasteiger partial charge is 0.488 e. The van der Waals surface area contributed by atoms with Gasteiger partial charge in [0.2, 0.25) is 5.91 Å². The monoisotopic (exact) mass is 431 g/mol. The number of fused-ring (bicyclic) bond motifs is 1. The third-order valence-electron chi connectivity index (χ3n) is 5.37. The van der Waals surface area contributed by atoms with Crippen molar-refractivity contribution in [1.29, 1.82) is 0 Å². The number of hydrogen-bond acceptors (Lipinski definition) is 3. The van der Waals surface area contributed by atoms with Gasteiger partial charge in [-0.05, 0) is 60.7 Å². The van der Waals surface area contributed by atoms with Crippen LogP contribution in [0.5, 0.6) is 5.75 Å². The van der Waals surface area contributed by atoms with Gasteiger partial charge >= 0.3 is 6.18 Å². The van der Waals surface area contributed by atoms with Crippen molar-refractivity contribution in [2.24, 2.45) is 0 Å². The van der Waals surface area contributed by atoms with Crippen LogP contribution < -0.4 is 10.1 Å². The van der Waals surface area contributed by atoms with E-state index >= 15 is 0 Å². The molecule has 0 radical (unpaired) electrons. The normalized spacial score (nSPS) is 13.7. The molecular formula is C23H20F3NO2S. The predicted molar refractivity (Wildman–Crippen MR) is 112 cm³/mol. The zero-order valence-corrected chi connectivity index (χ0v) is 17.3. The van der Waals surface area contributed by atoms with Crippen LogP contribution in [0.4, 0.5) is 18.9 Å². The van der Waals surface area contributed by atoms with Gasteiger partial charge in [-0.1, -0.05) is 18.2 Å². The Balaban J connectivity index is 1.52. The van der Waals surface area contributed by atoms with Gasteiger partial charge in [-0.2, -0.15) is 13.2 Å². The van der Waals surface area contributed by atoms with Gasteiger partial charge < -0.3 is 10.1 Å². The molecule has 0 atom stereocenters. The maximum absolute atomic E-state index is 12.8. The molecule has 3 aromatic rings.